The molecule has 3 unspecified atom stereocenters. The van der Waals surface area contributed by atoms with Gasteiger partial charge in [0.05, 0.1) is 50.7 Å². The molecule has 3 aromatic carbocycles. The zero-order valence-corrected chi connectivity index (χ0v) is 27.7. The smallest absolute Gasteiger partial charge is 0.410 e. The number of carbonyl (C=O) groups excluding carboxylic acids is 1. The number of aliphatic hydroxyl groups is 1. The Labute approximate surface area is 276 Å². The number of carbonyl (C=O) groups is 1. The Morgan fingerprint density at radius 1 is 0.978 bits per heavy atom. The summed E-state index contributed by atoms with van der Waals surface area (Å²) >= 11 is 1.80. The Kier molecular flexibility index (Phi) is 12.9. The highest BCUT2D eigenvalue weighted by molar-refractivity contribution is 7.98. The first kappa shape index (κ1) is 33.9. The molecule has 1 amide bonds. The van der Waals surface area contributed by atoms with Crippen molar-refractivity contribution in [3.8, 4) is 11.5 Å². The molecule has 9 nitrogen and oxygen atoms in total. The van der Waals surface area contributed by atoms with Gasteiger partial charge in [0.1, 0.15) is 24.7 Å². The van der Waals surface area contributed by atoms with Crippen molar-refractivity contribution in [3.63, 3.8) is 0 Å². The largest absolute Gasteiger partial charge is 0.494 e. The molecular weight excluding hydrogens is 604 g/mol. The van der Waals surface area contributed by atoms with Gasteiger partial charge < -0.3 is 38.6 Å². The van der Waals surface area contributed by atoms with E-state index >= 15 is 0 Å². The Morgan fingerprint density at radius 2 is 1.80 bits per heavy atom. The number of β-amino-alcohol motifs (C(OH)–C–C–N with tert-alkyl or cyclic N) is 1. The normalized spacial score (nSPS) is 19.3. The molecule has 1 saturated heterocycles. The molecule has 2 aliphatic heterocycles. The van der Waals surface area contributed by atoms with Crippen LogP contribution in [0.1, 0.15) is 35.4 Å². The molecular formula is C36H46N2O7S. The van der Waals surface area contributed by atoms with Gasteiger partial charge in [-0.2, -0.15) is 11.8 Å². The zero-order valence-electron chi connectivity index (χ0n) is 26.8. The van der Waals surface area contributed by atoms with Crippen molar-refractivity contribution in [2.75, 3.05) is 70.0 Å². The lowest BCUT2D eigenvalue weighted by Crippen LogP contribution is -2.53. The number of fused-ring (bicyclic) bond motifs is 1. The maximum absolute atomic E-state index is 13.2. The number of amides is 1. The van der Waals surface area contributed by atoms with Gasteiger partial charge >= 0.3 is 6.09 Å². The molecule has 10 heteroatoms. The van der Waals surface area contributed by atoms with Crippen LogP contribution < -0.4 is 14.4 Å². The minimum Gasteiger partial charge on any atom is -0.494 e. The van der Waals surface area contributed by atoms with Crippen LogP contribution in [-0.4, -0.2) is 93.4 Å². The van der Waals surface area contributed by atoms with Crippen LogP contribution in [0.3, 0.4) is 0 Å². The van der Waals surface area contributed by atoms with Crippen molar-refractivity contribution < 1.29 is 33.6 Å². The van der Waals surface area contributed by atoms with Crippen LogP contribution in [0.25, 0.3) is 0 Å². The summed E-state index contributed by atoms with van der Waals surface area (Å²) in [6.45, 7) is 4.63. The number of methoxy groups -OCH3 is 1. The van der Waals surface area contributed by atoms with Crippen molar-refractivity contribution >= 4 is 23.5 Å². The number of benzene rings is 3. The van der Waals surface area contributed by atoms with E-state index in [2.05, 4.69) is 17.2 Å². The van der Waals surface area contributed by atoms with E-state index in [1.807, 2.05) is 66.7 Å². The first-order valence-corrected chi connectivity index (χ1v) is 17.4. The summed E-state index contributed by atoms with van der Waals surface area (Å²) in [7, 11) is 1.72. The van der Waals surface area contributed by atoms with E-state index in [1.54, 1.807) is 23.8 Å². The van der Waals surface area contributed by atoms with Crippen LogP contribution in [-0.2, 0) is 27.4 Å². The lowest BCUT2D eigenvalue weighted by atomic mass is 9.84. The first-order valence-electron chi connectivity index (χ1n) is 16.0. The Hall–Kier alpha value is -3.44. The summed E-state index contributed by atoms with van der Waals surface area (Å²) in [6, 6.07) is 23.6. The summed E-state index contributed by atoms with van der Waals surface area (Å²) < 4.78 is 29.3. The second-order valence-corrected chi connectivity index (χ2v) is 12.6. The van der Waals surface area contributed by atoms with Crippen molar-refractivity contribution in [3.05, 3.63) is 89.5 Å². The number of aliphatic hydroxyl groups excluding tert-OH is 1. The maximum Gasteiger partial charge on any atom is 0.410 e. The van der Waals surface area contributed by atoms with Crippen LogP contribution in [0.2, 0.25) is 0 Å². The molecule has 0 spiro atoms. The fourth-order valence-corrected chi connectivity index (χ4v) is 6.37. The molecule has 0 aliphatic carbocycles. The fraction of sp³-hybridized carbons (Fsp3) is 0.472. The van der Waals surface area contributed by atoms with Crippen LogP contribution in [0.5, 0.6) is 11.5 Å². The first-order chi connectivity index (χ1) is 22.6. The Bertz CT molecular complexity index is 1360. The minimum absolute atomic E-state index is 0.150. The minimum atomic E-state index is -0.843. The lowest BCUT2D eigenvalue weighted by molar-refractivity contribution is -0.0692. The van der Waals surface area contributed by atoms with Gasteiger partial charge in [-0.15, -0.1) is 0 Å². The molecule has 1 N–H and O–H groups in total. The number of likely N-dealkylation sites (tertiary alicyclic amines) is 1. The summed E-state index contributed by atoms with van der Waals surface area (Å²) in [5.74, 6) is 2.38. The highest BCUT2D eigenvalue weighted by Crippen LogP contribution is 2.35. The number of hydrogen-bond donors (Lipinski definition) is 1. The molecule has 0 radical (unpaired) electrons. The standard InChI is InChI=1S/C36H46N2O7S/c1-41-18-6-16-37-17-20-43-33-15-10-28(22-31(33)37)26-44-34-24-38(36(40)45-25-27-8-4-3-5-9-27)23-32(39)35(34)29-11-13-30(14-12-29)42-19-7-21-46-2/h3-5,8-15,22,32,34-35,39H,6-7,16-21,23-26H2,1-2H3. The third-order valence-electron chi connectivity index (χ3n) is 8.34. The molecule has 2 aliphatic rings. The molecule has 2 heterocycles. The van der Waals surface area contributed by atoms with Crippen LogP contribution >= 0.6 is 11.8 Å². The van der Waals surface area contributed by atoms with E-state index in [0.717, 1.165) is 65.6 Å². The second kappa shape index (κ2) is 17.5. The van der Waals surface area contributed by atoms with E-state index < -0.39 is 18.3 Å². The molecule has 0 bridgehead atoms. The number of nitrogens with zero attached hydrogens (tertiary/aromatic N) is 2. The number of ether oxygens (including phenoxy) is 5. The third-order valence-corrected chi connectivity index (χ3v) is 9.03. The van der Waals surface area contributed by atoms with E-state index in [1.165, 1.54) is 0 Å². The molecule has 46 heavy (non-hydrogen) atoms. The quantitative estimate of drug-likeness (QED) is 0.207. The Morgan fingerprint density at radius 3 is 2.59 bits per heavy atom. The molecule has 3 atom stereocenters. The van der Waals surface area contributed by atoms with Gasteiger partial charge in [0, 0.05) is 26.2 Å². The summed E-state index contributed by atoms with van der Waals surface area (Å²) in [5.41, 5.74) is 3.88. The van der Waals surface area contributed by atoms with Crippen LogP contribution in [0.15, 0.2) is 72.8 Å². The topological polar surface area (TPSA) is 89.9 Å². The van der Waals surface area contributed by atoms with Crippen LogP contribution in [0.4, 0.5) is 10.5 Å². The number of thioether (sulfide) groups is 1. The third kappa shape index (κ3) is 9.31. The van der Waals surface area contributed by atoms with Gasteiger partial charge in [-0.1, -0.05) is 48.5 Å². The monoisotopic (exact) mass is 650 g/mol. The number of hydrogen-bond acceptors (Lipinski definition) is 9. The van der Waals surface area contributed by atoms with Gasteiger partial charge in [-0.3, -0.25) is 0 Å². The highest BCUT2D eigenvalue weighted by Gasteiger charge is 2.40. The van der Waals surface area contributed by atoms with Crippen molar-refractivity contribution in [1.29, 1.82) is 0 Å². The second-order valence-electron chi connectivity index (χ2n) is 11.6. The predicted octanol–water partition coefficient (Wildman–Crippen LogP) is 5.74. The van der Waals surface area contributed by atoms with Crippen molar-refractivity contribution in [2.45, 2.75) is 44.2 Å². The molecule has 3 aromatic rings. The van der Waals surface area contributed by atoms with E-state index in [0.29, 0.717) is 33.0 Å². The molecule has 248 valence electrons. The molecule has 1 fully saturated rings. The lowest BCUT2D eigenvalue weighted by Gasteiger charge is -2.41. The fourth-order valence-electron chi connectivity index (χ4n) is 5.97. The number of piperidine rings is 1. The van der Waals surface area contributed by atoms with E-state index in [-0.39, 0.29) is 19.1 Å². The van der Waals surface area contributed by atoms with Gasteiger partial charge in [-0.25, -0.2) is 4.79 Å². The number of rotatable bonds is 15. The van der Waals surface area contributed by atoms with E-state index in [4.69, 9.17) is 23.7 Å². The van der Waals surface area contributed by atoms with Gasteiger partial charge in [0.25, 0.3) is 0 Å². The predicted molar refractivity (Wildman–Crippen MR) is 181 cm³/mol. The summed E-state index contributed by atoms with van der Waals surface area (Å²) in [5, 5.41) is 11.5. The molecule has 0 aromatic heterocycles. The van der Waals surface area contributed by atoms with Gasteiger partial charge in [-0.05, 0) is 65.8 Å². The summed E-state index contributed by atoms with van der Waals surface area (Å²) in [6.07, 6.45) is 2.22. The van der Waals surface area contributed by atoms with Gasteiger partial charge in [0.2, 0.25) is 0 Å². The van der Waals surface area contributed by atoms with Crippen LogP contribution in [0, 0.1) is 0 Å². The SMILES string of the molecule is COCCCN1CCOc2ccc(COC3CN(C(=O)OCc4ccccc4)CC(O)C3c3ccc(OCCCSC)cc3)cc21. The molecule has 5 rings (SSSR count). The maximum atomic E-state index is 13.2. The zero-order chi connectivity index (χ0) is 32.1. The summed E-state index contributed by atoms with van der Waals surface area (Å²) in [4.78, 5) is 17.0. The average Bonchev–Trinajstić information content (AvgIpc) is 3.09. The van der Waals surface area contributed by atoms with E-state index in [9.17, 15) is 9.90 Å². The molecule has 0 saturated carbocycles. The highest BCUT2D eigenvalue weighted by atomic mass is 32.2. The number of anilines is 1. The average molecular weight is 651 g/mol. The Balaban J connectivity index is 1.30. The van der Waals surface area contributed by atoms with Gasteiger partial charge in [0.15, 0.2) is 0 Å². The van der Waals surface area contributed by atoms with Crippen molar-refractivity contribution in [1.82, 2.24) is 4.90 Å². The van der Waals surface area contributed by atoms with Crippen molar-refractivity contribution in [2.24, 2.45) is 0 Å².